The molecular weight excluding hydrogens is 276 g/mol. The van der Waals surface area contributed by atoms with Crippen LogP contribution in [-0.4, -0.2) is 4.55 Å². The maximum Gasteiger partial charge on any atom is 0.181 e. The molecule has 4 rings (SSSR count). The molecule has 1 heterocycles. The van der Waals surface area contributed by atoms with Crippen molar-refractivity contribution in [2.24, 2.45) is 0 Å². The summed E-state index contributed by atoms with van der Waals surface area (Å²) in [6.45, 7) is 4.21. The third-order valence-electron chi connectivity index (χ3n) is 4.28. The molecule has 1 aromatic heterocycles. The third-order valence-corrected chi connectivity index (χ3v) is 5.74. The minimum absolute atomic E-state index is 0.959. The standard InChI is InChI=1S/C19H16OS/c1-3-13-11-18-19(15-7-5-4-6-14(13)15)16-9-8-12(2)10-17(16)21(18)20/h4-11H,3H2,1-2H3. The summed E-state index contributed by atoms with van der Waals surface area (Å²) in [5, 5.41) is 4.80. The van der Waals surface area contributed by atoms with E-state index in [0.717, 1.165) is 32.2 Å². The molecule has 0 spiro atoms. The molecule has 0 saturated heterocycles. The summed E-state index contributed by atoms with van der Waals surface area (Å²) in [5.41, 5.74) is 2.44. The Labute approximate surface area is 126 Å². The van der Waals surface area contributed by atoms with Crippen molar-refractivity contribution in [3.05, 3.63) is 59.7 Å². The summed E-state index contributed by atoms with van der Waals surface area (Å²) in [6, 6.07) is 16.9. The van der Waals surface area contributed by atoms with Gasteiger partial charge in [0.05, 0.1) is 5.39 Å². The van der Waals surface area contributed by atoms with E-state index in [-0.39, 0.29) is 0 Å². The predicted molar refractivity (Wildman–Crippen MR) is 91.7 cm³/mol. The van der Waals surface area contributed by atoms with Crippen molar-refractivity contribution in [3.8, 4) is 0 Å². The number of thiophene rings is 1. The SMILES string of the molecule is CCc1cc2c(c3ccccc13)c1ccc(C)cc1[s+]2[O-]. The average Bonchev–Trinajstić information content (AvgIpc) is 2.79. The molecule has 0 amide bonds. The van der Waals surface area contributed by atoms with Gasteiger partial charge in [-0.1, -0.05) is 37.3 Å². The molecule has 3 aromatic carbocycles. The van der Waals surface area contributed by atoms with Crippen LogP contribution in [-0.2, 0) is 6.42 Å². The summed E-state index contributed by atoms with van der Waals surface area (Å²) in [5.74, 6) is 0. The highest BCUT2D eigenvalue weighted by atomic mass is 32.2. The Morgan fingerprint density at radius 3 is 2.43 bits per heavy atom. The van der Waals surface area contributed by atoms with Gasteiger partial charge in [-0.2, -0.15) is 0 Å². The number of fused-ring (bicyclic) bond motifs is 5. The lowest BCUT2D eigenvalue weighted by Gasteiger charge is -2.05. The van der Waals surface area contributed by atoms with Crippen molar-refractivity contribution in [1.29, 1.82) is 0 Å². The zero-order chi connectivity index (χ0) is 14.6. The number of hydrogen-bond donors (Lipinski definition) is 0. The van der Waals surface area contributed by atoms with E-state index in [9.17, 15) is 4.55 Å². The van der Waals surface area contributed by atoms with E-state index >= 15 is 0 Å². The van der Waals surface area contributed by atoms with Gasteiger partial charge in [-0.25, -0.2) is 0 Å². The van der Waals surface area contributed by atoms with Crippen LogP contribution in [0.4, 0.5) is 0 Å². The summed E-state index contributed by atoms with van der Waals surface area (Å²) in [7, 11) is -1.05. The van der Waals surface area contributed by atoms with E-state index in [1.807, 2.05) is 0 Å². The lowest BCUT2D eigenvalue weighted by Crippen LogP contribution is -1.84. The van der Waals surface area contributed by atoms with E-state index in [1.54, 1.807) is 0 Å². The normalized spacial score (nSPS) is 12.6. The Morgan fingerprint density at radius 1 is 0.905 bits per heavy atom. The van der Waals surface area contributed by atoms with Gasteiger partial charge in [0.1, 0.15) is 0 Å². The van der Waals surface area contributed by atoms with Crippen LogP contribution in [0.25, 0.3) is 30.9 Å². The summed E-state index contributed by atoms with van der Waals surface area (Å²) < 4.78 is 14.8. The molecule has 0 aliphatic carbocycles. The predicted octanol–water partition coefficient (Wildman–Crippen LogP) is 5.74. The van der Waals surface area contributed by atoms with Crippen LogP contribution in [0, 0.1) is 6.92 Å². The molecule has 1 nitrogen and oxygen atoms in total. The van der Waals surface area contributed by atoms with Crippen LogP contribution in [0.1, 0.15) is 18.1 Å². The fourth-order valence-corrected chi connectivity index (χ4v) is 4.80. The van der Waals surface area contributed by atoms with Crippen LogP contribution >= 0.6 is 10.8 Å². The second-order valence-corrected chi connectivity index (χ2v) is 6.99. The summed E-state index contributed by atoms with van der Waals surface area (Å²) >= 11 is 0. The topological polar surface area (TPSA) is 23.1 Å². The van der Waals surface area contributed by atoms with Crippen LogP contribution in [0.5, 0.6) is 0 Å². The van der Waals surface area contributed by atoms with E-state index in [0.29, 0.717) is 0 Å². The molecule has 0 aliphatic rings. The van der Waals surface area contributed by atoms with Gasteiger partial charge in [-0.15, -0.1) is 0 Å². The van der Waals surface area contributed by atoms with Gasteiger partial charge in [0, 0.05) is 17.5 Å². The first kappa shape index (κ1) is 12.8. The zero-order valence-corrected chi connectivity index (χ0v) is 13.0. The monoisotopic (exact) mass is 292 g/mol. The fourth-order valence-electron chi connectivity index (χ4n) is 3.25. The molecule has 0 aliphatic heterocycles. The Morgan fingerprint density at radius 2 is 1.67 bits per heavy atom. The molecule has 0 saturated carbocycles. The second kappa shape index (κ2) is 4.55. The second-order valence-electron chi connectivity index (χ2n) is 5.58. The minimum Gasteiger partial charge on any atom is -0.590 e. The number of rotatable bonds is 1. The number of aryl methyl sites for hydroxylation is 2. The van der Waals surface area contributed by atoms with Crippen molar-refractivity contribution in [1.82, 2.24) is 0 Å². The zero-order valence-electron chi connectivity index (χ0n) is 12.1. The van der Waals surface area contributed by atoms with Crippen molar-refractivity contribution >= 4 is 41.7 Å². The smallest absolute Gasteiger partial charge is 0.181 e. The van der Waals surface area contributed by atoms with Crippen LogP contribution in [0.2, 0.25) is 0 Å². The molecule has 0 fully saturated rings. The van der Waals surface area contributed by atoms with Crippen molar-refractivity contribution in [3.63, 3.8) is 0 Å². The molecule has 4 aromatic rings. The first-order valence-electron chi connectivity index (χ1n) is 7.28. The van der Waals surface area contributed by atoms with Crippen molar-refractivity contribution in [2.45, 2.75) is 20.3 Å². The number of hydrogen-bond acceptors (Lipinski definition) is 1. The van der Waals surface area contributed by atoms with Gasteiger partial charge in [-0.3, -0.25) is 0 Å². The van der Waals surface area contributed by atoms with Gasteiger partial charge in [-0.05, 0) is 52.1 Å². The first-order valence-corrected chi connectivity index (χ1v) is 8.43. The molecule has 1 unspecified atom stereocenters. The van der Waals surface area contributed by atoms with Crippen LogP contribution in [0.3, 0.4) is 0 Å². The Kier molecular flexibility index (Phi) is 2.78. The van der Waals surface area contributed by atoms with E-state index in [2.05, 4.69) is 62.4 Å². The average molecular weight is 292 g/mol. The summed E-state index contributed by atoms with van der Waals surface area (Å²) in [4.78, 5) is 0. The van der Waals surface area contributed by atoms with Gasteiger partial charge in [0.15, 0.2) is 9.40 Å². The van der Waals surface area contributed by atoms with Crippen LogP contribution < -0.4 is 0 Å². The molecule has 104 valence electrons. The fraction of sp³-hybridized carbons (Fsp3) is 0.158. The van der Waals surface area contributed by atoms with Gasteiger partial charge >= 0.3 is 0 Å². The molecular formula is C19H16OS. The highest BCUT2D eigenvalue weighted by Crippen LogP contribution is 2.44. The van der Waals surface area contributed by atoms with E-state index in [4.69, 9.17) is 0 Å². The Bertz CT molecular complexity index is 995. The Balaban J connectivity index is 2.35. The van der Waals surface area contributed by atoms with Gasteiger partial charge in [0.2, 0.25) is 0 Å². The first-order chi connectivity index (χ1) is 10.2. The van der Waals surface area contributed by atoms with Gasteiger partial charge < -0.3 is 4.55 Å². The quantitative estimate of drug-likeness (QED) is 0.410. The molecule has 1 atom stereocenters. The lowest BCUT2D eigenvalue weighted by molar-refractivity contribution is 0.602. The van der Waals surface area contributed by atoms with E-state index < -0.39 is 10.8 Å². The van der Waals surface area contributed by atoms with Crippen molar-refractivity contribution in [2.75, 3.05) is 0 Å². The lowest BCUT2D eigenvalue weighted by atomic mass is 9.98. The maximum absolute atomic E-state index is 12.9. The Hall–Kier alpha value is -1.90. The largest absolute Gasteiger partial charge is 0.590 e. The highest BCUT2D eigenvalue weighted by Gasteiger charge is 2.19. The third kappa shape index (κ3) is 1.73. The molecule has 0 bridgehead atoms. The van der Waals surface area contributed by atoms with Crippen molar-refractivity contribution < 1.29 is 4.55 Å². The molecule has 0 radical (unpaired) electrons. The molecule has 21 heavy (non-hydrogen) atoms. The summed E-state index contributed by atoms with van der Waals surface area (Å²) in [6.07, 6.45) is 0.959. The number of benzene rings is 3. The molecule has 0 N–H and O–H groups in total. The minimum atomic E-state index is -1.05. The highest BCUT2D eigenvalue weighted by molar-refractivity contribution is 7.37. The van der Waals surface area contributed by atoms with Gasteiger partial charge in [0.25, 0.3) is 0 Å². The maximum atomic E-state index is 12.9. The molecule has 2 heteroatoms. The van der Waals surface area contributed by atoms with E-state index in [1.165, 1.54) is 16.3 Å². The van der Waals surface area contributed by atoms with Crippen LogP contribution in [0.15, 0.2) is 48.5 Å².